The number of aromatic amines is 1. The van der Waals surface area contributed by atoms with Crippen molar-refractivity contribution in [3.05, 3.63) is 66.4 Å². The third-order valence-corrected chi connectivity index (χ3v) is 6.94. The van der Waals surface area contributed by atoms with Crippen LogP contribution in [0.4, 0.5) is 0 Å². The maximum atomic E-state index is 13.2. The van der Waals surface area contributed by atoms with Crippen LogP contribution in [0.15, 0.2) is 59.6 Å². The highest BCUT2D eigenvalue weighted by molar-refractivity contribution is 5.93. The van der Waals surface area contributed by atoms with E-state index >= 15 is 0 Å². The lowest BCUT2D eigenvalue weighted by Gasteiger charge is -2.29. The molecule has 3 unspecified atom stereocenters. The Morgan fingerprint density at radius 3 is 3.03 bits per heavy atom. The molecule has 3 aromatic heterocycles. The lowest BCUT2D eigenvalue weighted by atomic mass is 9.85. The van der Waals surface area contributed by atoms with Crippen molar-refractivity contribution in [2.24, 2.45) is 5.92 Å². The van der Waals surface area contributed by atoms with Crippen LogP contribution in [-0.4, -0.2) is 55.5 Å². The molecule has 2 aliphatic rings. The molecule has 1 aliphatic heterocycles. The molecule has 0 radical (unpaired) electrons. The Morgan fingerprint density at radius 1 is 1.21 bits per heavy atom. The molecule has 9 nitrogen and oxygen atoms in total. The first kappa shape index (κ1) is 20.6. The van der Waals surface area contributed by atoms with Crippen LogP contribution in [0.25, 0.3) is 22.4 Å². The minimum absolute atomic E-state index is 0.00436. The molecule has 2 bridgehead atoms. The number of rotatable bonds is 5. The second kappa shape index (κ2) is 8.40. The summed E-state index contributed by atoms with van der Waals surface area (Å²) in [6, 6.07) is 9.78. The monoisotopic (exact) mass is 456 g/mol. The summed E-state index contributed by atoms with van der Waals surface area (Å²) < 4.78 is 5.53. The third kappa shape index (κ3) is 3.83. The van der Waals surface area contributed by atoms with Crippen LogP contribution in [0.5, 0.6) is 0 Å². The van der Waals surface area contributed by atoms with Gasteiger partial charge in [0.2, 0.25) is 11.8 Å². The standard InChI is InChI=1S/C25H24N6O3/c32-23(9-15-3-4-16-12-27-30-21(16)8-15)28-20-6-5-19-10-18(20)13-31(19)25(33)22-14-34-24(29-22)17-2-1-7-26-11-17/h1-4,7-8,11-12,14,18-20H,5-6,9-10,13H2,(H,27,30)(H,28,32). The van der Waals surface area contributed by atoms with Gasteiger partial charge in [-0.15, -0.1) is 0 Å². The van der Waals surface area contributed by atoms with E-state index in [9.17, 15) is 9.59 Å². The highest BCUT2D eigenvalue weighted by atomic mass is 16.3. The Kier molecular flexibility index (Phi) is 5.09. The second-order valence-corrected chi connectivity index (χ2v) is 9.11. The molecule has 172 valence electrons. The van der Waals surface area contributed by atoms with E-state index in [4.69, 9.17) is 4.42 Å². The van der Waals surface area contributed by atoms with Gasteiger partial charge in [0, 0.05) is 36.4 Å². The number of likely N-dealkylation sites (tertiary alicyclic amines) is 1. The molecule has 1 aliphatic carbocycles. The first-order chi connectivity index (χ1) is 16.6. The highest BCUT2D eigenvalue weighted by Gasteiger charge is 2.43. The topological polar surface area (TPSA) is 117 Å². The number of benzene rings is 1. The normalized spacial score (nSPS) is 21.6. The molecular formula is C25H24N6O3. The molecule has 3 atom stereocenters. The summed E-state index contributed by atoms with van der Waals surface area (Å²) in [5, 5.41) is 11.2. The fourth-order valence-electron chi connectivity index (χ4n) is 5.24. The van der Waals surface area contributed by atoms with Gasteiger partial charge in [-0.05, 0) is 48.9 Å². The van der Waals surface area contributed by atoms with Crippen molar-refractivity contribution in [3.63, 3.8) is 0 Å². The predicted octanol–water partition coefficient (Wildman–Crippen LogP) is 2.96. The summed E-state index contributed by atoms with van der Waals surface area (Å²) in [4.78, 5) is 36.3. The number of pyridine rings is 1. The third-order valence-electron chi connectivity index (χ3n) is 6.94. The quantitative estimate of drug-likeness (QED) is 0.477. The van der Waals surface area contributed by atoms with Gasteiger partial charge in [0.25, 0.3) is 5.91 Å². The van der Waals surface area contributed by atoms with E-state index in [0.29, 0.717) is 24.6 Å². The largest absolute Gasteiger partial charge is 0.444 e. The van der Waals surface area contributed by atoms with Crippen molar-refractivity contribution in [3.8, 4) is 11.5 Å². The zero-order valence-corrected chi connectivity index (χ0v) is 18.5. The van der Waals surface area contributed by atoms with Gasteiger partial charge in [-0.25, -0.2) is 4.98 Å². The van der Waals surface area contributed by atoms with Crippen LogP contribution >= 0.6 is 0 Å². The first-order valence-corrected chi connectivity index (χ1v) is 11.5. The number of nitrogens with zero attached hydrogens (tertiary/aromatic N) is 4. The molecule has 4 heterocycles. The Labute approximate surface area is 195 Å². The van der Waals surface area contributed by atoms with E-state index in [1.54, 1.807) is 24.7 Å². The second-order valence-electron chi connectivity index (χ2n) is 9.11. The molecule has 2 N–H and O–H groups in total. The predicted molar refractivity (Wildman–Crippen MR) is 124 cm³/mol. The van der Waals surface area contributed by atoms with Gasteiger partial charge in [0.1, 0.15) is 6.26 Å². The lowest BCUT2D eigenvalue weighted by molar-refractivity contribution is -0.121. The summed E-state index contributed by atoms with van der Waals surface area (Å²) in [6.45, 7) is 0.615. The number of hydrogen-bond acceptors (Lipinski definition) is 6. The van der Waals surface area contributed by atoms with Gasteiger partial charge in [-0.3, -0.25) is 19.7 Å². The lowest BCUT2D eigenvalue weighted by Crippen LogP contribution is -2.43. The fraction of sp³-hybridized carbons (Fsp3) is 0.320. The van der Waals surface area contributed by atoms with Crippen molar-refractivity contribution >= 4 is 22.7 Å². The first-order valence-electron chi connectivity index (χ1n) is 11.5. The van der Waals surface area contributed by atoms with Crippen molar-refractivity contribution in [2.75, 3.05) is 6.54 Å². The molecule has 2 amide bonds. The molecule has 2 fully saturated rings. The Balaban J connectivity index is 1.09. The average Bonchev–Trinajstić information content (AvgIpc) is 3.60. The summed E-state index contributed by atoms with van der Waals surface area (Å²) in [5.74, 6) is 0.513. The molecule has 0 spiro atoms. The zero-order valence-electron chi connectivity index (χ0n) is 18.5. The van der Waals surface area contributed by atoms with E-state index in [2.05, 4.69) is 25.5 Å². The Morgan fingerprint density at radius 2 is 2.15 bits per heavy atom. The molecular weight excluding hydrogens is 432 g/mol. The molecule has 9 heteroatoms. The zero-order chi connectivity index (χ0) is 23.1. The number of nitrogens with one attached hydrogen (secondary N) is 2. The van der Waals surface area contributed by atoms with Crippen molar-refractivity contribution in [2.45, 2.75) is 37.8 Å². The van der Waals surface area contributed by atoms with Crippen LogP contribution in [0.2, 0.25) is 0 Å². The van der Waals surface area contributed by atoms with Gasteiger partial charge in [0.15, 0.2) is 5.69 Å². The number of amides is 2. The summed E-state index contributed by atoms with van der Waals surface area (Å²) in [7, 11) is 0. The number of H-pyrrole nitrogens is 1. The average molecular weight is 457 g/mol. The molecule has 1 saturated heterocycles. The van der Waals surface area contributed by atoms with Gasteiger partial charge in [-0.1, -0.05) is 12.1 Å². The molecule has 6 rings (SSSR count). The van der Waals surface area contributed by atoms with E-state index in [1.165, 1.54) is 6.26 Å². The van der Waals surface area contributed by atoms with E-state index in [-0.39, 0.29) is 29.8 Å². The summed E-state index contributed by atoms with van der Waals surface area (Å²) >= 11 is 0. The molecule has 34 heavy (non-hydrogen) atoms. The number of hydrogen-bond donors (Lipinski definition) is 2. The maximum absolute atomic E-state index is 13.2. The van der Waals surface area contributed by atoms with Crippen LogP contribution in [0.1, 0.15) is 35.3 Å². The Bertz CT molecular complexity index is 1350. The number of fused-ring (bicyclic) bond motifs is 3. The van der Waals surface area contributed by atoms with E-state index in [1.807, 2.05) is 29.2 Å². The van der Waals surface area contributed by atoms with Crippen molar-refractivity contribution < 1.29 is 14.0 Å². The van der Waals surface area contributed by atoms with Crippen LogP contribution in [0, 0.1) is 5.92 Å². The maximum Gasteiger partial charge on any atom is 0.276 e. The number of carbonyl (C=O) groups is 2. The highest BCUT2D eigenvalue weighted by Crippen LogP contribution is 2.36. The fourth-order valence-corrected chi connectivity index (χ4v) is 5.24. The molecule has 4 aromatic rings. The minimum atomic E-state index is -0.119. The van der Waals surface area contributed by atoms with Crippen LogP contribution in [0.3, 0.4) is 0 Å². The van der Waals surface area contributed by atoms with Crippen LogP contribution < -0.4 is 5.32 Å². The van der Waals surface area contributed by atoms with Gasteiger partial charge in [0.05, 0.1) is 23.7 Å². The van der Waals surface area contributed by atoms with Crippen molar-refractivity contribution in [1.29, 1.82) is 0 Å². The van der Waals surface area contributed by atoms with Crippen LogP contribution in [-0.2, 0) is 11.2 Å². The number of aromatic nitrogens is 4. The van der Waals surface area contributed by atoms with Gasteiger partial charge in [-0.2, -0.15) is 5.10 Å². The summed E-state index contributed by atoms with van der Waals surface area (Å²) in [5.41, 5.74) is 2.91. The van der Waals surface area contributed by atoms with Gasteiger partial charge < -0.3 is 14.6 Å². The van der Waals surface area contributed by atoms with Gasteiger partial charge >= 0.3 is 0 Å². The molecule has 1 saturated carbocycles. The molecule has 1 aromatic carbocycles. The number of carbonyl (C=O) groups excluding carboxylic acids is 2. The summed E-state index contributed by atoms with van der Waals surface area (Å²) in [6.07, 6.45) is 9.46. The Hall–Kier alpha value is -4.01. The minimum Gasteiger partial charge on any atom is -0.444 e. The van der Waals surface area contributed by atoms with E-state index < -0.39 is 0 Å². The van der Waals surface area contributed by atoms with Crippen molar-refractivity contribution in [1.82, 2.24) is 30.4 Å². The number of oxazole rings is 1. The smallest absolute Gasteiger partial charge is 0.276 e. The van der Waals surface area contributed by atoms with E-state index in [0.717, 1.165) is 41.3 Å². The SMILES string of the molecule is O=C(Cc1ccc2cn[nH]c2c1)NC1CCC2CC1CN2C(=O)c1coc(-c2cccnc2)n1.